The third-order valence-corrected chi connectivity index (χ3v) is 8.32. The third kappa shape index (κ3) is 8.47. The van der Waals surface area contributed by atoms with E-state index in [1.54, 1.807) is 30.0 Å². The van der Waals surface area contributed by atoms with Gasteiger partial charge in [-0.15, -0.1) is 0 Å². The summed E-state index contributed by atoms with van der Waals surface area (Å²) in [5, 5.41) is 3.58. The van der Waals surface area contributed by atoms with Crippen molar-refractivity contribution in [3.05, 3.63) is 64.7 Å². The van der Waals surface area contributed by atoms with E-state index in [-0.39, 0.29) is 30.8 Å². The predicted molar refractivity (Wildman–Crippen MR) is 149 cm³/mol. The molecule has 1 saturated carbocycles. The van der Waals surface area contributed by atoms with Gasteiger partial charge in [-0.3, -0.25) is 13.9 Å². The fourth-order valence-electron chi connectivity index (χ4n) is 4.77. The number of rotatable bonds is 11. The molecule has 1 atom stereocenters. The molecule has 9 heteroatoms. The molecule has 0 radical (unpaired) electrons. The molecule has 202 valence electrons. The molecule has 3 rings (SSSR count). The molecule has 1 fully saturated rings. The number of anilines is 1. The molecule has 0 saturated heterocycles. The van der Waals surface area contributed by atoms with Crippen molar-refractivity contribution in [2.45, 2.75) is 77.4 Å². The van der Waals surface area contributed by atoms with Crippen LogP contribution in [-0.2, 0) is 26.2 Å². The largest absolute Gasteiger partial charge is 0.352 e. The summed E-state index contributed by atoms with van der Waals surface area (Å²) in [5.41, 5.74) is 2.21. The van der Waals surface area contributed by atoms with Crippen LogP contribution in [0.25, 0.3) is 0 Å². The van der Waals surface area contributed by atoms with E-state index in [0.717, 1.165) is 43.1 Å². The Balaban J connectivity index is 1.71. The molecule has 2 amide bonds. The Kier molecular flexibility index (Phi) is 10.4. The molecule has 37 heavy (non-hydrogen) atoms. The fourth-order valence-corrected chi connectivity index (χ4v) is 5.95. The SMILES string of the molecule is Cc1ccc(Cl)cc1N(CCCC(=O)N(Cc1ccccc1)[C@H](C)C(=O)NC1CCCCC1)S(C)(=O)=O. The van der Waals surface area contributed by atoms with E-state index >= 15 is 0 Å². The Bertz CT molecular complexity index is 1170. The molecule has 2 aromatic carbocycles. The van der Waals surface area contributed by atoms with Crippen LogP contribution in [0.3, 0.4) is 0 Å². The van der Waals surface area contributed by atoms with Crippen molar-refractivity contribution in [2.24, 2.45) is 0 Å². The molecule has 2 aromatic rings. The summed E-state index contributed by atoms with van der Waals surface area (Å²) in [6.07, 6.45) is 6.91. The van der Waals surface area contributed by atoms with Gasteiger partial charge in [0.2, 0.25) is 21.8 Å². The summed E-state index contributed by atoms with van der Waals surface area (Å²) in [6, 6.07) is 14.2. The number of carbonyl (C=O) groups is 2. The molecule has 1 N–H and O–H groups in total. The summed E-state index contributed by atoms with van der Waals surface area (Å²) in [7, 11) is -3.58. The van der Waals surface area contributed by atoms with Crippen LogP contribution in [0.5, 0.6) is 0 Å². The molecule has 0 aromatic heterocycles. The van der Waals surface area contributed by atoms with Crippen molar-refractivity contribution in [1.82, 2.24) is 10.2 Å². The lowest BCUT2D eigenvalue weighted by molar-refractivity contribution is -0.141. The van der Waals surface area contributed by atoms with Gasteiger partial charge in [0.05, 0.1) is 11.9 Å². The van der Waals surface area contributed by atoms with Crippen LogP contribution in [0.2, 0.25) is 5.02 Å². The molecule has 0 bridgehead atoms. The zero-order chi connectivity index (χ0) is 27.0. The van der Waals surface area contributed by atoms with E-state index in [0.29, 0.717) is 23.7 Å². The first kappa shape index (κ1) is 29.0. The highest BCUT2D eigenvalue weighted by Crippen LogP contribution is 2.27. The Labute approximate surface area is 226 Å². The van der Waals surface area contributed by atoms with Crippen molar-refractivity contribution < 1.29 is 18.0 Å². The lowest BCUT2D eigenvalue weighted by Gasteiger charge is -2.31. The molecular weight excluding hydrogens is 510 g/mol. The number of amides is 2. The second kappa shape index (κ2) is 13.3. The molecule has 1 aliphatic rings. The van der Waals surface area contributed by atoms with Gasteiger partial charge in [-0.2, -0.15) is 0 Å². The maximum absolute atomic E-state index is 13.4. The number of halogens is 1. The quantitative estimate of drug-likeness (QED) is 0.426. The van der Waals surface area contributed by atoms with Gasteiger partial charge < -0.3 is 10.2 Å². The highest BCUT2D eigenvalue weighted by atomic mass is 35.5. The molecule has 0 unspecified atom stereocenters. The Hall–Kier alpha value is -2.58. The zero-order valence-electron chi connectivity index (χ0n) is 22.0. The maximum atomic E-state index is 13.4. The second-order valence-electron chi connectivity index (χ2n) is 9.90. The van der Waals surface area contributed by atoms with Crippen LogP contribution in [0.1, 0.15) is 63.0 Å². The van der Waals surface area contributed by atoms with Crippen molar-refractivity contribution >= 4 is 39.1 Å². The van der Waals surface area contributed by atoms with Crippen molar-refractivity contribution in [3.8, 4) is 0 Å². The van der Waals surface area contributed by atoms with Gasteiger partial charge in [-0.1, -0.05) is 67.3 Å². The van der Waals surface area contributed by atoms with Crippen LogP contribution < -0.4 is 9.62 Å². The second-order valence-corrected chi connectivity index (χ2v) is 12.2. The predicted octanol–water partition coefficient (Wildman–Crippen LogP) is 5.06. The average Bonchev–Trinajstić information content (AvgIpc) is 2.86. The number of hydrogen-bond donors (Lipinski definition) is 1. The first-order valence-corrected chi connectivity index (χ1v) is 15.2. The average molecular weight is 548 g/mol. The number of benzene rings is 2. The van der Waals surface area contributed by atoms with Crippen molar-refractivity contribution in [3.63, 3.8) is 0 Å². The first-order valence-electron chi connectivity index (χ1n) is 12.9. The molecule has 0 heterocycles. The lowest BCUT2D eigenvalue weighted by atomic mass is 9.95. The van der Waals surface area contributed by atoms with Gasteiger partial charge in [0.1, 0.15) is 6.04 Å². The minimum atomic E-state index is -3.58. The Morgan fingerprint density at radius 1 is 1.08 bits per heavy atom. The molecule has 0 aliphatic heterocycles. The third-order valence-electron chi connectivity index (χ3n) is 6.91. The molecule has 0 spiro atoms. The highest BCUT2D eigenvalue weighted by molar-refractivity contribution is 7.92. The number of sulfonamides is 1. The summed E-state index contributed by atoms with van der Waals surface area (Å²) in [5.74, 6) is -0.338. The first-order chi connectivity index (χ1) is 17.6. The number of nitrogens with zero attached hydrogens (tertiary/aromatic N) is 2. The van der Waals surface area contributed by atoms with E-state index in [4.69, 9.17) is 11.6 Å². The number of hydrogen-bond acceptors (Lipinski definition) is 4. The van der Waals surface area contributed by atoms with E-state index in [1.807, 2.05) is 37.3 Å². The standard InChI is InChI=1S/C28H38ClN3O4S/c1-21-16-17-24(29)19-26(21)32(37(3,35)36)18-10-15-27(33)31(20-23-11-6-4-7-12-23)22(2)28(34)30-25-13-8-5-9-14-25/h4,6-7,11-12,16-17,19,22,25H,5,8-10,13-15,18,20H2,1-3H3,(H,30,34)/t22-/m1/s1. The monoisotopic (exact) mass is 547 g/mol. The summed E-state index contributed by atoms with van der Waals surface area (Å²) in [4.78, 5) is 28.1. The van der Waals surface area contributed by atoms with Gasteiger partial charge in [-0.05, 0) is 56.4 Å². The van der Waals surface area contributed by atoms with Crippen LogP contribution in [0.4, 0.5) is 5.69 Å². The minimum absolute atomic E-state index is 0.111. The zero-order valence-corrected chi connectivity index (χ0v) is 23.5. The summed E-state index contributed by atoms with van der Waals surface area (Å²) in [6.45, 7) is 4.02. The van der Waals surface area contributed by atoms with E-state index < -0.39 is 16.1 Å². The number of nitrogens with one attached hydrogen (secondary N) is 1. The highest BCUT2D eigenvalue weighted by Gasteiger charge is 2.28. The minimum Gasteiger partial charge on any atom is -0.352 e. The van der Waals surface area contributed by atoms with Crippen LogP contribution in [-0.4, -0.2) is 50.0 Å². The molecule has 1 aliphatic carbocycles. The van der Waals surface area contributed by atoms with Crippen LogP contribution in [0, 0.1) is 6.92 Å². The number of carbonyl (C=O) groups excluding carboxylic acids is 2. The van der Waals surface area contributed by atoms with E-state index in [2.05, 4.69) is 5.32 Å². The van der Waals surface area contributed by atoms with Gasteiger partial charge >= 0.3 is 0 Å². The van der Waals surface area contributed by atoms with Crippen molar-refractivity contribution in [1.29, 1.82) is 0 Å². The van der Waals surface area contributed by atoms with Crippen molar-refractivity contribution in [2.75, 3.05) is 17.1 Å². The van der Waals surface area contributed by atoms with E-state index in [9.17, 15) is 18.0 Å². The molecule has 7 nitrogen and oxygen atoms in total. The van der Waals surface area contributed by atoms with Crippen LogP contribution in [0.15, 0.2) is 48.5 Å². The van der Waals surface area contributed by atoms with Crippen LogP contribution >= 0.6 is 11.6 Å². The number of aryl methyl sites for hydroxylation is 1. The Morgan fingerprint density at radius 2 is 1.76 bits per heavy atom. The topological polar surface area (TPSA) is 86.8 Å². The summed E-state index contributed by atoms with van der Waals surface area (Å²) >= 11 is 6.13. The van der Waals surface area contributed by atoms with E-state index in [1.165, 1.54) is 10.7 Å². The normalized spacial score (nSPS) is 15.1. The fraction of sp³-hybridized carbons (Fsp3) is 0.500. The van der Waals surface area contributed by atoms with Gasteiger partial charge in [0.25, 0.3) is 0 Å². The summed E-state index contributed by atoms with van der Waals surface area (Å²) < 4.78 is 26.4. The maximum Gasteiger partial charge on any atom is 0.242 e. The van der Waals surface area contributed by atoms with Gasteiger partial charge in [-0.25, -0.2) is 8.42 Å². The smallest absolute Gasteiger partial charge is 0.242 e. The van der Waals surface area contributed by atoms with Gasteiger partial charge in [0, 0.05) is 30.6 Å². The lowest BCUT2D eigenvalue weighted by Crippen LogP contribution is -2.50. The Morgan fingerprint density at radius 3 is 2.41 bits per heavy atom. The molecular formula is C28H38ClN3O4S. The van der Waals surface area contributed by atoms with Gasteiger partial charge in [0.15, 0.2) is 0 Å².